The molecule has 1 unspecified atom stereocenters. The molecule has 1 aliphatic rings. The number of aliphatic hydroxyl groups excluding tert-OH is 1. The average molecular weight is 663 g/mol. The molecule has 0 aromatic heterocycles. The van der Waals surface area contributed by atoms with Crippen molar-refractivity contribution in [1.82, 2.24) is 0 Å². The van der Waals surface area contributed by atoms with Crippen LogP contribution < -0.4 is 0 Å². The Morgan fingerprint density at radius 1 is 0.532 bits per heavy atom. The van der Waals surface area contributed by atoms with Crippen molar-refractivity contribution in [3.05, 3.63) is 11.3 Å². The first kappa shape index (κ1) is 44.0. The number of ether oxygens (including phenoxy) is 2. The van der Waals surface area contributed by atoms with Gasteiger partial charge in [0.05, 0.1) is 12.4 Å². The highest BCUT2D eigenvalue weighted by Gasteiger charge is 2.20. The van der Waals surface area contributed by atoms with E-state index in [4.69, 9.17) is 9.47 Å². The van der Waals surface area contributed by atoms with Crippen molar-refractivity contribution in [2.75, 3.05) is 13.2 Å². The van der Waals surface area contributed by atoms with Crippen LogP contribution in [0.15, 0.2) is 11.3 Å². The van der Waals surface area contributed by atoms with Crippen LogP contribution in [0, 0.1) is 0 Å². The quantitative estimate of drug-likeness (QED) is 0.0408. The number of aliphatic hydroxyl groups is 1. The summed E-state index contributed by atoms with van der Waals surface area (Å²) in [4.78, 5) is 12.3. The van der Waals surface area contributed by atoms with Gasteiger partial charge >= 0.3 is 5.97 Å². The lowest BCUT2D eigenvalue weighted by Gasteiger charge is -2.26. The number of hydrogen-bond donors (Lipinski definition) is 1. The molecule has 0 radical (unpaired) electrons. The van der Waals surface area contributed by atoms with E-state index in [1.807, 2.05) is 0 Å². The Labute approximate surface area is 294 Å². The number of allylic oxidation sites excluding steroid dienone is 2. The highest BCUT2D eigenvalue weighted by Crippen LogP contribution is 2.32. The van der Waals surface area contributed by atoms with Crippen molar-refractivity contribution in [2.24, 2.45) is 0 Å². The molecule has 0 aliphatic heterocycles. The van der Waals surface area contributed by atoms with Crippen LogP contribution in [0.3, 0.4) is 0 Å². The molecule has 1 fully saturated rings. The first-order valence-electron chi connectivity index (χ1n) is 21.3. The normalized spacial score (nSPS) is 13.5. The molecule has 0 amide bonds. The number of carbonyl (C=O) groups is 1. The molecule has 1 N–H and O–H groups in total. The Hall–Kier alpha value is -1.03. The number of esters is 1. The fourth-order valence-electron chi connectivity index (χ4n) is 6.83. The summed E-state index contributed by atoms with van der Waals surface area (Å²) in [6.07, 6.45) is 44.8. The zero-order chi connectivity index (χ0) is 33.9. The van der Waals surface area contributed by atoms with Crippen molar-refractivity contribution >= 4 is 5.97 Å². The third kappa shape index (κ3) is 28.5. The first-order valence-corrected chi connectivity index (χ1v) is 21.3. The highest BCUT2D eigenvalue weighted by molar-refractivity contribution is 5.69. The molecule has 4 heteroatoms. The molecule has 0 aromatic rings. The molecule has 1 saturated carbocycles. The van der Waals surface area contributed by atoms with Gasteiger partial charge in [0, 0.05) is 12.8 Å². The Kier molecular flexibility index (Phi) is 32.6. The van der Waals surface area contributed by atoms with E-state index in [1.165, 1.54) is 185 Å². The van der Waals surface area contributed by atoms with Crippen molar-refractivity contribution < 1.29 is 19.4 Å². The SMILES string of the molecule is CCCCCCCCCCCCCCCCCC(=O)OCC(CO)OC(CCCCCCCCCCCCCCCCC)=C1CCC1. The maximum absolute atomic E-state index is 12.3. The lowest BCUT2D eigenvalue weighted by Crippen LogP contribution is -2.26. The molecule has 47 heavy (non-hydrogen) atoms. The second-order valence-corrected chi connectivity index (χ2v) is 14.9. The van der Waals surface area contributed by atoms with E-state index in [-0.39, 0.29) is 19.2 Å². The van der Waals surface area contributed by atoms with Gasteiger partial charge in [-0.3, -0.25) is 4.79 Å². The molecular weight excluding hydrogens is 580 g/mol. The Morgan fingerprint density at radius 3 is 1.19 bits per heavy atom. The van der Waals surface area contributed by atoms with Gasteiger partial charge in [-0.2, -0.15) is 0 Å². The zero-order valence-corrected chi connectivity index (χ0v) is 31.9. The molecule has 0 saturated heterocycles. The van der Waals surface area contributed by atoms with Gasteiger partial charge in [-0.15, -0.1) is 0 Å². The molecule has 278 valence electrons. The van der Waals surface area contributed by atoms with Crippen LogP contribution in [0.4, 0.5) is 0 Å². The van der Waals surface area contributed by atoms with E-state index in [0.29, 0.717) is 6.42 Å². The van der Waals surface area contributed by atoms with Crippen LogP contribution in [-0.4, -0.2) is 30.4 Å². The lowest BCUT2D eigenvalue weighted by atomic mass is 9.89. The summed E-state index contributed by atoms with van der Waals surface area (Å²) in [5, 5.41) is 9.94. The fourth-order valence-corrected chi connectivity index (χ4v) is 6.83. The number of carbonyl (C=O) groups excluding carboxylic acids is 1. The minimum absolute atomic E-state index is 0.109. The van der Waals surface area contributed by atoms with Gasteiger partial charge in [0.1, 0.15) is 6.61 Å². The zero-order valence-electron chi connectivity index (χ0n) is 31.9. The van der Waals surface area contributed by atoms with Gasteiger partial charge in [0.25, 0.3) is 0 Å². The van der Waals surface area contributed by atoms with Crippen LogP contribution in [0.1, 0.15) is 239 Å². The van der Waals surface area contributed by atoms with Crippen molar-refractivity contribution in [3.8, 4) is 0 Å². The van der Waals surface area contributed by atoms with E-state index in [9.17, 15) is 9.90 Å². The molecule has 1 rings (SSSR count). The van der Waals surface area contributed by atoms with Crippen LogP contribution >= 0.6 is 0 Å². The summed E-state index contributed by atoms with van der Waals surface area (Å²) in [5.41, 5.74) is 1.41. The van der Waals surface area contributed by atoms with Crippen LogP contribution in [0.5, 0.6) is 0 Å². The molecule has 1 atom stereocenters. The van der Waals surface area contributed by atoms with Gasteiger partial charge in [0.15, 0.2) is 6.10 Å². The molecular formula is C43H82O4. The molecule has 0 heterocycles. The summed E-state index contributed by atoms with van der Waals surface area (Å²) in [5.74, 6) is 0.922. The summed E-state index contributed by atoms with van der Waals surface area (Å²) in [6.45, 7) is 4.62. The minimum atomic E-state index is -0.445. The second-order valence-electron chi connectivity index (χ2n) is 14.9. The van der Waals surface area contributed by atoms with Crippen LogP contribution in [0.2, 0.25) is 0 Å². The Balaban J connectivity index is 2.01. The third-order valence-electron chi connectivity index (χ3n) is 10.3. The van der Waals surface area contributed by atoms with Gasteiger partial charge in [-0.25, -0.2) is 0 Å². The maximum Gasteiger partial charge on any atom is 0.305 e. The topological polar surface area (TPSA) is 55.8 Å². The predicted molar refractivity (Wildman–Crippen MR) is 203 cm³/mol. The summed E-state index contributed by atoms with van der Waals surface area (Å²) in [6, 6.07) is 0. The van der Waals surface area contributed by atoms with Crippen molar-refractivity contribution in [3.63, 3.8) is 0 Å². The Morgan fingerprint density at radius 2 is 0.872 bits per heavy atom. The van der Waals surface area contributed by atoms with Crippen LogP contribution in [-0.2, 0) is 14.3 Å². The second kappa shape index (κ2) is 34.8. The standard InChI is InChI=1S/C43H82O4/c1-3-5-7-9-11-13-15-17-19-21-23-25-27-29-31-36-42(40-34-33-35-40)47-41(38-44)39-46-43(45)37-32-30-28-26-24-22-20-18-16-14-12-10-8-6-4-2/h41,44H,3-39H2,1-2H3. The summed E-state index contributed by atoms with van der Waals surface area (Å²) < 4.78 is 11.8. The number of hydrogen-bond acceptors (Lipinski definition) is 4. The highest BCUT2D eigenvalue weighted by atomic mass is 16.6. The monoisotopic (exact) mass is 663 g/mol. The largest absolute Gasteiger partial charge is 0.489 e. The third-order valence-corrected chi connectivity index (χ3v) is 10.3. The maximum atomic E-state index is 12.3. The van der Waals surface area contributed by atoms with Gasteiger partial charge < -0.3 is 14.6 Å². The van der Waals surface area contributed by atoms with E-state index in [2.05, 4.69) is 13.8 Å². The number of unbranched alkanes of at least 4 members (excludes halogenated alkanes) is 28. The molecule has 0 bridgehead atoms. The molecule has 0 spiro atoms. The lowest BCUT2D eigenvalue weighted by molar-refractivity contribution is -0.148. The Bertz CT molecular complexity index is 696. The van der Waals surface area contributed by atoms with E-state index in [0.717, 1.165) is 44.3 Å². The minimum Gasteiger partial charge on any atom is -0.489 e. The van der Waals surface area contributed by atoms with Gasteiger partial charge in [-0.05, 0) is 37.7 Å². The van der Waals surface area contributed by atoms with Gasteiger partial charge in [-0.1, -0.05) is 194 Å². The van der Waals surface area contributed by atoms with Crippen LogP contribution in [0.25, 0.3) is 0 Å². The number of rotatable bonds is 37. The van der Waals surface area contributed by atoms with Crippen molar-refractivity contribution in [1.29, 1.82) is 0 Å². The average Bonchev–Trinajstić information content (AvgIpc) is 3.05. The fraction of sp³-hybridized carbons (Fsp3) is 0.930. The molecule has 0 aromatic carbocycles. The van der Waals surface area contributed by atoms with Crippen molar-refractivity contribution in [2.45, 2.75) is 245 Å². The molecule has 1 aliphatic carbocycles. The van der Waals surface area contributed by atoms with Gasteiger partial charge in [0.2, 0.25) is 0 Å². The molecule has 4 nitrogen and oxygen atoms in total. The summed E-state index contributed by atoms with van der Waals surface area (Å²) >= 11 is 0. The summed E-state index contributed by atoms with van der Waals surface area (Å²) in [7, 11) is 0. The predicted octanol–water partition coefficient (Wildman–Crippen LogP) is 13.9. The smallest absolute Gasteiger partial charge is 0.305 e. The van der Waals surface area contributed by atoms with E-state index in [1.54, 1.807) is 0 Å². The first-order chi connectivity index (χ1) is 23.2. The van der Waals surface area contributed by atoms with E-state index < -0.39 is 6.10 Å². The van der Waals surface area contributed by atoms with E-state index >= 15 is 0 Å².